The monoisotopic (exact) mass is 603 g/mol. The third-order valence-corrected chi connectivity index (χ3v) is 9.90. The van der Waals surface area contributed by atoms with Gasteiger partial charge in [-0.3, -0.25) is 19.3 Å². The van der Waals surface area contributed by atoms with E-state index in [-0.39, 0.29) is 23.3 Å². The second-order valence-electron chi connectivity index (χ2n) is 10.3. The lowest BCUT2D eigenvalue weighted by atomic mass is 10.0. The predicted molar refractivity (Wildman–Crippen MR) is 160 cm³/mol. The lowest BCUT2D eigenvalue weighted by Crippen LogP contribution is -2.70. The largest absolute Gasteiger partial charge is 0.477 e. The molecule has 0 bridgehead atoms. The van der Waals surface area contributed by atoms with Crippen LogP contribution < -0.4 is 5.32 Å². The Morgan fingerprint density at radius 2 is 1.98 bits per heavy atom. The second kappa shape index (κ2) is 12.1. The van der Waals surface area contributed by atoms with Gasteiger partial charge >= 0.3 is 5.97 Å². The molecule has 2 saturated heterocycles. The van der Waals surface area contributed by atoms with E-state index in [0.29, 0.717) is 35.9 Å². The number of amides is 3. The number of nitrogens with one attached hydrogen (secondary N) is 2. The molecule has 2 atom stereocenters. The Labute approximate surface area is 250 Å². The number of thioether (sulfide) groups is 2. The van der Waals surface area contributed by atoms with Crippen molar-refractivity contribution in [2.75, 3.05) is 18.1 Å². The Bertz CT molecular complexity index is 1580. The molecule has 42 heavy (non-hydrogen) atoms. The molecule has 12 heteroatoms. The lowest BCUT2D eigenvalue weighted by Gasteiger charge is -2.49. The minimum absolute atomic E-state index is 0.0318. The molecule has 0 spiro atoms. The topological polar surface area (TPSA) is 136 Å². The van der Waals surface area contributed by atoms with Crippen LogP contribution in [0.1, 0.15) is 19.3 Å². The molecule has 10 nitrogen and oxygen atoms in total. The van der Waals surface area contributed by atoms with Gasteiger partial charge in [0.2, 0.25) is 11.8 Å². The number of benzene rings is 2. The number of hydrogen-bond acceptors (Lipinski definition) is 7. The standard InChI is InChI=1S/C27H25N3O5S2.C3H4N2/c31-21(14-36-20-7-3-5-15-4-1-2-6-19(15)20)28-22-25(33)30-23(27(34)35)17(13-37-26(22)30)12-16-10-11-29(24(16)32)18-8-9-18;1-2-5-3-4-1/h1-7,12,18,22,26H,8-11,13-14H2,(H,28,31)(H,34,35);1-3H,(H,4,5)/b16-12+;/t22-,26-;/m1./s1. The number of carboxylic acid groups (broad SMARTS) is 1. The molecule has 1 saturated carbocycles. The van der Waals surface area contributed by atoms with Gasteiger partial charge in [-0.15, -0.1) is 23.5 Å². The summed E-state index contributed by atoms with van der Waals surface area (Å²) in [6, 6.07) is 13.4. The van der Waals surface area contributed by atoms with Gasteiger partial charge in [-0.25, -0.2) is 9.78 Å². The van der Waals surface area contributed by atoms with Gasteiger partial charge in [0, 0.05) is 41.2 Å². The van der Waals surface area contributed by atoms with E-state index in [4.69, 9.17) is 0 Å². The van der Waals surface area contributed by atoms with E-state index < -0.39 is 23.3 Å². The highest BCUT2D eigenvalue weighted by Gasteiger charge is 2.54. The summed E-state index contributed by atoms with van der Waals surface area (Å²) < 4.78 is 0. The number of fused-ring (bicyclic) bond motifs is 2. The molecule has 0 unspecified atom stereocenters. The molecule has 3 amide bonds. The molecule has 1 aliphatic carbocycles. The second-order valence-corrected chi connectivity index (χ2v) is 12.4. The first-order valence-corrected chi connectivity index (χ1v) is 15.7. The maximum Gasteiger partial charge on any atom is 0.352 e. The summed E-state index contributed by atoms with van der Waals surface area (Å²) in [6.45, 7) is 0.661. The number of rotatable bonds is 7. The van der Waals surface area contributed by atoms with E-state index in [1.54, 1.807) is 24.8 Å². The van der Waals surface area contributed by atoms with Crippen LogP contribution in [0.2, 0.25) is 0 Å². The number of aliphatic carboxylic acids is 1. The summed E-state index contributed by atoms with van der Waals surface area (Å²) in [4.78, 5) is 61.1. The number of imidazole rings is 1. The molecular weight excluding hydrogens is 574 g/mol. The van der Waals surface area contributed by atoms with Crippen molar-refractivity contribution in [1.29, 1.82) is 0 Å². The summed E-state index contributed by atoms with van der Waals surface area (Å²) in [5, 5.41) is 14.4. The van der Waals surface area contributed by atoms with Crippen molar-refractivity contribution < 1.29 is 24.3 Å². The lowest BCUT2D eigenvalue weighted by molar-refractivity contribution is -0.150. The first-order valence-electron chi connectivity index (χ1n) is 13.7. The number of carbonyl (C=O) groups is 4. The van der Waals surface area contributed by atoms with Gasteiger partial charge in [0.15, 0.2) is 0 Å². The molecule has 0 radical (unpaired) electrons. The van der Waals surface area contributed by atoms with Crippen molar-refractivity contribution in [3.8, 4) is 0 Å². The molecule has 3 fully saturated rings. The van der Waals surface area contributed by atoms with Crippen molar-refractivity contribution in [1.82, 2.24) is 25.1 Å². The summed E-state index contributed by atoms with van der Waals surface area (Å²) >= 11 is 2.81. The summed E-state index contributed by atoms with van der Waals surface area (Å²) in [6.07, 6.45) is 9.38. The Kier molecular flexibility index (Phi) is 8.07. The minimum atomic E-state index is -1.20. The van der Waals surface area contributed by atoms with Gasteiger partial charge in [-0.2, -0.15) is 0 Å². The quantitative estimate of drug-likeness (QED) is 0.213. The van der Waals surface area contributed by atoms with Crippen LogP contribution in [0.15, 0.2) is 89.0 Å². The van der Waals surface area contributed by atoms with Gasteiger partial charge in [0.25, 0.3) is 5.91 Å². The number of H-pyrrole nitrogens is 1. The number of aromatic nitrogens is 2. The van der Waals surface area contributed by atoms with Gasteiger partial charge < -0.3 is 20.3 Å². The Hall–Kier alpha value is -4.03. The number of likely N-dealkylation sites (tertiary alicyclic amines) is 1. The fraction of sp³-hybridized carbons (Fsp3) is 0.300. The van der Waals surface area contributed by atoms with Gasteiger partial charge in [-0.05, 0) is 47.8 Å². The Morgan fingerprint density at radius 1 is 1.17 bits per heavy atom. The van der Waals surface area contributed by atoms with Crippen molar-refractivity contribution in [3.05, 3.63) is 84.1 Å². The average Bonchev–Trinajstić information content (AvgIpc) is 3.49. The van der Waals surface area contributed by atoms with Gasteiger partial charge in [0.1, 0.15) is 17.1 Å². The maximum atomic E-state index is 13.0. The highest BCUT2D eigenvalue weighted by molar-refractivity contribution is 8.00. The smallest absolute Gasteiger partial charge is 0.352 e. The van der Waals surface area contributed by atoms with Crippen LogP contribution in [0.3, 0.4) is 0 Å². The van der Waals surface area contributed by atoms with Crippen molar-refractivity contribution >= 4 is 58.0 Å². The number of nitrogens with zero attached hydrogens (tertiary/aromatic N) is 3. The summed E-state index contributed by atoms with van der Waals surface area (Å²) in [7, 11) is 0. The van der Waals surface area contributed by atoms with Crippen molar-refractivity contribution in [2.24, 2.45) is 0 Å². The predicted octanol–water partition coefficient (Wildman–Crippen LogP) is 3.40. The number of hydrogen-bond donors (Lipinski definition) is 3. The molecule has 7 rings (SSSR count). The molecule has 3 aromatic rings. The highest BCUT2D eigenvalue weighted by atomic mass is 32.2. The van der Waals surface area contributed by atoms with Gasteiger partial charge in [0.05, 0.1) is 12.1 Å². The van der Waals surface area contributed by atoms with Crippen LogP contribution in [0.5, 0.6) is 0 Å². The first kappa shape index (κ1) is 28.1. The zero-order valence-electron chi connectivity index (χ0n) is 22.6. The maximum absolute atomic E-state index is 13.0. The van der Waals surface area contributed by atoms with Crippen LogP contribution in [0.25, 0.3) is 10.8 Å². The van der Waals surface area contributed by atoms with Crippen molar-refractivity contribution in [2.45, 2.75) is 41.6 Å². The van der Waals surface area contributed by atoms with Crippen LogP contribution >= 0.6 is 23.5 Å². The molecule has 216 valence electrons. The number of carboxylic acids is 1. The number of allylic oxidation sites excluding steroid dienone is 1. The van der Waals surface area contributed by atoms with E-state index in [9.17, 15) is 24.3 Å². The zero-order valence-corrected chi connectivity index (χ0v) is 24.2. The van der Waals surface area contributed by atoms with E-state index >= 15 is 0 Å². The van der Waals surface area contributed by atoms with Crippen molar-refractivity contribution in [3.63, 3.8) is 0 Å². The van der Waals surface area contributed by atoms with E-state index in [2.05, 4.69) is 15.3 Å². The molecule has 4 aliphatic rings. The molecule has 4 heterocycles. The third-order valence-electron chi connectivity index (χ3n) is 7.52. The molecule has 2 aromatic carbocycles. The first-order chi connectivity index (χ1) is 20.4. The Morgan fingerprint density at radius 3 is 2.69 bits per heavy atom. The fourth-order valence-corrected chi connectivity index (χ4v) is 7.55. The van der Waals surface area contributed by atoms with Crippen LogP contribution in [-0.2, 0) is 19.2 Å². The zero-order chi connectivity index (χ0) is 29.2. The van der Waals surface area contributed by atoms with Crippen LogP contribution in [0, 0.1) is 0 Å². The number of carbonyl (C=O) groups excluding carboxylic acids is 3. The average molecular weight is 604 g/mol. The molecule has 1 aromatic heterocycles. The van der Waals surface area contributed by atoms with E-state index in [1.165, 1.54) is 28.4 Å². The van der Waals surface area contributed by atoms with E-state index in [0.717, 1.165) is 28.5 Å². The number of aromatic amines is 1. The molecule has 3 N–H and O–H groups in total. The van der Waals surface area contributed by atoms with Crippen LogP contribution in [0.4, 0.5) is 0 Å². The normalized spacial score (nSPS) is 22.5. The Balaban J connectivity index is 0.000000573. The highest BCUT2D eigenvalue weighted by Crippen LogP contribution is 2.42. The minimum Gasteiger partial charge on any atom is -0.477 e. The summed E-state index contributed by atoms with van der Waals surface area (Å²) in [5.74, 6) is -1.45. The van der Waals surface area contributed by atoms with E-state index in [1.807, 2.05) is 47.4 Å². The third kappa shape index (κ3) is 5.68. The summed E-state index contributed by atoms with van der Waals surface area (Å²) in [5.41, 5.74) is 0.983. The molecule has 3 aliphatic heterocycles. The fourth-order valence-electron chi connectivity index (χ4n) is 5.36. The van der Waals surface area contributed by atoms with Gasteiger partial charge in [-0.1, -0.05) is 36.4 Å². The number of β-lactam (4-membered cyclic amide) rings is 1. The van der Waals surface area contributed by atoms with Crippen LogP contribution in [-0.4, -0.2) is 84.1 Å². The molecular formula is C30H29N5O5S2. The SMILES string of the molecule is O=C(CSc1cccc2ccccc12)N[C@@H]1C(=O)N2C(C(=O)O)=C(/C=C3\CCN(C4CC4)C3=O)CS[C@H]12.c1c[nH]cn1.